The summed E-state index contributed by atoms with van der Waals surface area (Å²) in [5.74, 6) is -2.75. The van der Waals surface area contributed by atoms with Gasteiger partial charge in [0.25, 0.3) is 5.91 Å². The smallest absolute Gasteiger partial charge is 0.326 e. The summed E-state index contributed by atoms with van der Waals surface area (Å²) >= 11 is 0. The minimum atomic E-state index is -1.31. The van der Waals surface area contributed by atoms with Crippen LogP contribution in [0.15, 0.2) is 48.7 Å². The van der Waals surface area contributed by atoms with Crippen LogP contribution < -0.4 is 5.32 Å². The Morgan fingerprint density at radius 2 is 1.91 bits per heavy atom. The van der Waals surface area contributed by atoms with E-state index in [0.717, 1.165) is 11.6 Å². The van der Waals surface area contributed by atoms with Gasteiger partial charge < -0.3 is 10.4 Å². The Morgan fingerprint density at radius 3 is 2.47 bits per heavy atom. The fourth-order valence-electron chi connectivity index (χ4n) is 3.05. The summed E-state index contributed by atoms with van der Waals surface area (Å²) in [5, 5.41) is 28.4. The number of carboxylic acid groups (broad SMARTS) is 1. The van der Waals surface area contributed by atoms with Crippen molar-refractivity contribution in [2.45, 2.75) is 38.6 Å². The summed E-state index contributed by atoms with van der Waals surface area (Å²) in [6.07, 6.45) is 1.24. The molecule has 0 aliphatic rings. The third-order valence-corrected chi connectivity index (χ3v) is 4.92. The predicted molar refractivity (Wildman–Crippen MR) is 114 cm³/mol. The monoisotopic (exact) mass is 435 g/mol. The molecule has 1 aromatic heterocycles. The highest BCUT2D eigenvalue weighted by Gasteiger charge is 2.23. The van der Waals surface area contributed by atoms with Gasteiger partial charge in [-0.2, -0.15) is 5.26 Å². The molecule has 164 valence electrons. The largest absolute Gasteiger partial charge is 0.480 e. The van der Waals surface area contributed by atoms with Gasteiger partial charge in [0.2, 0.25) is 0 Å². The highest BCUT2D eigenvalue weighted by atomic mass is 19.1. The summed E-state index contributed by atoms with van der Waals surface area (Å²) in [6.45, 7) is 6.31. The zero-order chi connectivity index (χ0) is 23.5. The van der Waals surface area contributed by atoms with Crippen LogP contribution in [0, 0.1) is 17.1 Å². The van der Waals surface area contributed by atoms with E-state index in [1.54, 1.807) is 6.07 Å². The maximum atomic E-state index is 13.8. The van der Waals surface area contributed by atoms with Crippen LogP contribution in [0.2, 0.25) is 0 Å². The lowest BCUT2D eigenvalue weighted by Gasteiger charge is -2.19. The molecule has 8 nitrogen and oxygen atoms in total. The predicted octanol–water partition coefficient (Wildman–Crippen LogP) is 3.00. The van der Waals surface area contributed by atoms with Crippen molar-refractivity contribution in [2.75, 3.05) is 0 Å². The van der Waals surface area contributed by atoms with Crippen LogP contribution in [-0.2, 0) is 16.6 Å². The van der Waals surface area contributed by atoms with E-state index in [1.807, 2.05) is 24.3 Å². The van der Waals surface area contributed by atoms with E-state index in [-0.39, 0.29) is 23.1 Å². The Labute approximate surface area is 184 Å². The molecule has 0 aliphatic heterocycles. The Bertz CT molecular complexity index is 1190. The van der Waals surface area contributed by atoms with Crippen molar-refractivity contribution in [3.8, 4) is 11.8 Å². The minimum Gasteiger partial charge on any atom is -0.480 e. The highest BCUT2D eigenvalue weighted by molar-refractivity contribution is 5.94. The number of hydrogen-bond donors (Lipinski definition) is 2. The lowest BCUT2D eigenvalue weighted by atomic mass is 9.87. The standard InChI is InChI=1S/C23H22FN5O3/c1-23(2,3)16-6-8-17(9-7-16)29-13-20(27-28-29)21(30)26-19(22(31)32)11-14-4-5-15(12-25)18(24)10-14/h4-10,13,19H,11H2,1-3H3,(H,26,30)(H,31,32). The van der Waals surface area contributed by atoms with Crippen LogP contribution in [-0.4, -0.2) is 38.0 Å². The van der Waals surface area contributed by atoms with Crippen LogP contribution in [0.1, 0.15) is 48.0 Å². The lowest BCUT2D eigenvalue weighted by molar-refractivity contribution is -0.139. The molecule has 1 amide bonds. The van der Waals surface area contributed by atoms with E-state index < -0.39 is 23.7 Å². The van der Waals surface area contributed by atoms with Crippen LogP contribution >= 0.6 is 0 Å². The van der Waals surface area contributed by atoms with Gasteiger partial charge in [-0.05, 0) is 40.8 Å². The second kappa shape index (κ2) is 8.98. The van der Waals surface area contributed by atoms with Gasteiger partial charge in [-0.15, -0.1) is 5.10 Å². The van der Waals surface area contributed by atoms with Crippen molar-refractivity contribution >= 4 is 11.9 Å². The molecule has 0 saturated carbocycles. The summed E-state index contributed by atoms with van der Waals surface area (Å²) in [7, 11) is 0. The molecule has 1 atom stereocenters. The molecule has 0 aliphatic carbocycles. The summed E-state index contributed by atoms with van der Waals surface area (Å²) < 4.78 is 15.2. The number of amides is 1. The summed E-state index contributed by atoms with van der Waals surface area (Å²) in [4.78, 5) is 24.2. The lowest BCUT2D eigenvalue weighted by Crippen LogP contribution is -2.42. The van der Waals surface area contributed by atoms with Gasteiger partial charge in [0.15, 0.2) is 5.69 Å². The Morgan fingerprint density at radius 1 is 1.22 bits per heavy atom. The number of hydrogen-bond acceptors (Lipinski definition) is 5. The molecule has 9 heteroatoms. The van der Waals surface area contributed by atoms with Crippen molar-refractivity contribution in [2.24, 2.45) is 0 Å². The quantitative estimate of drug-likeness (QED) is 0.614. The number of rotatable bonds is 6. The van der Waals surface area contributed by atoms with Crippen molar-refractivity contribution in [1.82, 2.24) is 20.3 Å². The first kappa shape index (κ1) is 22.6. The third kappa shape index (κ3) is 5.16. The molecule has 0 radical (unpaired) electrons. The first-order valence-electron chi connectivity index (χ1n) is 9.84. The van der Waals surface area contributed by atoms with E-state index >= 15 is 0 Å². The average Bonchev–Trinajstić information content (AvgIpc) is 3.23. The average molecular weight is 435 g/mol. The Balaban J connectivity index is 1.73. The maximum Gasteiger partial charge on any atom is 0.326 e. The molecule has 1 heterocycles. The van der Waals surface area contributed by atoms with E-state index in [1.165, 1.54) is 23.0 Å². The molecule has 3 rings (SSSR count). The molecule has 1 unspecified atom stereocenters. The van der Waals surface area contributed by atoms with Gasteiger partial charge in [-0.3, -0.25) is 4.79 Å². The van der Waals surface area contributed by atoms with Crippen LogP contribution in [0.5, 0.6) is 0 Å². The fourth-order valence-corrected chi connectivity index (χ4v) is 3.05. The van der Waals surface area contributed by atoms with Crippen LogP contribution in [0.25, 0.3) is 5.69 Å². The van der Waals surface area contributed by atoms with Crippen LogP contribution in [0.3, 0.4) is 0 Å². The SMILES string of the molecule is CC(C)(C)c1ccc(-n2cc(C(=O)NC(Cc3ccc(C#N)c(F)c3)C(=O)O)nn2)cc1. The first-order chi connectivity index (χ1) is 15.1. The number of nitrogens with one attached hydrogen (secondary N) is 1. The molecule has 0 fully saturated rings. The number of aliphatic carboxylic acids is 1. The highest BCUT2D eigenvalue weighted by Crippen LogP contribution is 2.23. The molecule has 0 bridgehead atoms. The second-order valence-corrected chi connectivity index (χ2v) is 8.34. The van der Waals surface area contributed by atoms with Gasteiger partial charge in [0.05, 0.1) is 17.4 Å². The number of nitrogens with zero attached hydrogens (tertiary/aromatic N) is 4. The first-order valence-corrected chi connectivity index (χ1v) is 9.84. The number of carbonyl (C=O) groups is 2. The van der Waals surface area contributed by atoms with Gasteiger partial charge in [-0.1, -0.05) is 44.2 Å². The third-order valence-electron chi connectivity index (χ3n) is 4.92. The van der Waals surface area contributed by atoms with Gasteiger partial charge in [0, 0.05) is 6.42 Å². The maximum absolute atomic E-state index is 13.8. The number of benzene rings is 2. The summed E-state index contributed by atoms with van der Waals surface area (Å²) in [5.41, 5.74) is 1.97. The summed E-state index contributed by atoms with van der Waals surface area (Å²) in [6, 6.07) is 11.8. The molecule has 32 heavy (non-hydrogen) atoms. The zero-order valence-corrected chi connectivity index (χ0v) is 17.8. The van der Waals surface area contributed by atoms with Gasteiger partial charge in [-0.25, -0.2) is 13.9 Å². The number of carbonyl (C=O) groups excluding carboxylic acids is 1. The second-order valence-electron chi connectivity index (χ2n) is 8.34. The molecule has 2 N–H and O–H groups in total. The van der Waals surface area contributed by atoms with E-state index in [2.05, 4.69) is 36.4 Å². The van der Waals surface area contributed by atoms with Crippen LogP contribution in [0.4, 0.5) is 4.39 Å². The van der Waals surface area contributed by atoms with E-state index in [0.29, 0.717) is 11.3 Å². The van der Waals surface area contributed by atoms with E-state index in [9.17, 15) is 19.1 Å². The molecule has 0 saturated heterocycles. The minimum absolute atomic E-state index is 0.00433. The van der Waals surface area contributed by atoms with Crippen molar-refractivity contribution in [1.29, 1.82) is 5.26 Å². The Kier molecular flexibility index (Phi) is 6.35. The fraction of sp³-hybridized carbons (Fsp3) is 0.261. The Hall–Kier alpha value is -4.06. The molecule has 2 aromatic carbocycles. The molecule has 0 spiro atoms. The molecule has 3 aromatic rings. The van der Waals surface area contributed by atoms with E-state index in [4.69, 9.17) is 5.26 Å². The van der Waals surface area contributed by atoms with Gasteiger partial charge in [0.1, 0.15) is 17.9 Å². The number of carboxylic acids is 1. The topological polar surface area (TPSA) is 121 Å². The van der Waals surface area contributed by atoms with Crippen molar-refractivity contribution in [3.63, 3.8) is 0 Å². The van der Waals surface area contributed by atoms with Gasteiger partial charge >= 0.3 is 5.97 Å². The number of halogens is 1. The number of aromatic nitrogens is 3. The molecular weight excluding hydrogens is 413 g/mol. The zero-order valence-electron chi connectivity index (χ0n) is 17.8. The molecular formula is C23H22FN5O3. The normalized spacial score (nSPS) is 12.1. The number of nitriles is 1. The van der Waals surface area contributed by atoms with Crippen molar-refractivity contribution < 1.29 is 19.1 Å². The van der Waals surface area contributed by atoms with Crippen molar-refractivity contribution in [3.05, 3.63) is 76.9 Å².